The van der Waals surface area contributed by atoms with Crippen molar-refractivity contribution in [3.8, 4) is 0 Å². The van der Waals surface area contributed by atoms with E-state index in [1.54, 1.807) is 6.07 Å². The van der Waals surface area contributed by atoms with Crippen LogP contribution in [-0.4, -0.2) is 35.8 Å². The second-order valence-electron chi connectivity index (χ2n) is 4.70. The number of hydrogen-bond acceptors (Lipinski definition) is 3. The van der Waals surface area contributed by atoms with E-state index in [1.165, 1.54) is 12.1 Å². The number of carbonyl (C=O) groups excluding carboxylic acids is 2. The van der Waals surface area contributed by atoms with Crippen molar-refractivity contribution in [1.82, 2.24) is 10.2 Å². The molecule has 1 heterocycles. The zero-order chi connectivity index (χ0) is 14.7. The third kappa shape index (κ3) is 3.46. The van der Waals surface area contributed by atoms with Gasteiger partial charge in [-0.25, -0.2) is 4.39 Å². The van der Waals surface area contributed by atoms with Gasteiger partial charge in [-0.2, -0.15) is 0 Å². The number of rotatable bonds is 4. The van der Waals surface area contributed by atoms with Gasteiger partial charge >= 0.3 is 0 Å². The largest absolute Gasteiger partial charge is 0.370 e. The molecular weight excluding hydrogens is 285 g/mol. The van der Waals surface area contributed by atoms with Gasteiger partial charge in [0, 0.05) is 19.6 Å². The molecule has 1 aliphatic heterocycles. The molecule has 1 atom stereocenters. The van der Waals surface area contributed by atoms with Crippen LogP contribution in [0.2, 0.25) is 5.02 Å². The van der Waals surface area contributed by atoms with Gasteiger partial charge in [-0.1, -0.05) is 17.7 Å². The normalized spacial score (nSPS) is 19.7. The topological polar surface area (TPSA) is 75.4 Å². The molecule has 1 fully saturated rings. The first kappa shape index (κ1) is 14.7. The number of nitrogens with two attached hydrogens (primary N) is 1. The summed E-state index contributed by atoms with van der Waals surface area (Å²) in [6.07, 6.45) is -0.0537. The molecule has 7 heteroatoms. The SMILES string of the molecule is NC(=O)C[C@@H]1C(=O)NCCN1Cc1ccc(Cl)c(F)c1. The lowest BCUT2D eigenvalue weighted by molar-refractivity contribution is -0.133. The predicted molar refractivity (Wildman–Crippen MR) is 72.4 cm³/mol. The Hall–Kier alpha value is -1.66. The molecule has 1 aliphatic rings. The second-order valence-corrected chi connectivity index (χ2v) is 5.10. The molecule has 1 saturated heterocycles. The van der Waals surface area contributed by atoms with Crippen molar-refractivity contribution in [1.29, 1.82) is 0 Å². The van der Waals surface area contributed by atoms with Crippen molar-refractivity contribution in [2.75, 3.05) is 13.1 Å². The predicted octanol–water partition coefficient (Wildman–Crippen LogP) is 0.655. The van der Waals surface area contributed by atoms with E-state index < -0.39 is 17.8 Å². The minimum atomic E-state index is -0.611. The van der Waals surface area contributed by atoms with E-state index in [9.17, 15) is 14.0 Å². The standard InChI is InChI=1S/C13H15ClFN3O2/c14-9-2-1-8(5-10(9)15)7-18-4-3-17-13(20)11(18)6-12(16)19/h1-2,5,11H,3-4,6-7H2,(H2,16,19)(H,17,20)/t11-/m1/s1. The quantitative estimate of drug-likeness (QED) is 0.857. The number of nitrogens with zero attached hydrogens (tertiary/aromatic N) is 1. The number of carbonyl (C=O) groups is 2. The highest BCUT2D eigenvalue weighted by Gasteiger charge is 2.30. The van der Waals surface area contributed by atoms with Crippen molar-refractivity contribution in [3.05, 3.63) is 34.6 Å². The Morgan fingerprint density at radius 1 is 1.55 bits per heavy atom. The van der Waals surface area contributed by atoms with Crippen LogP contribution in [0, 0.1) is 5.82 Å². The Morgan fingerprint density at radius 2 is 2.30 bits per heavy atom. The maximum Gasteiger partial charge on any atom is 0.237 e. The molecular formula is C13H15ClFN3O2. The van der Waals surface area contributed by atoms with Crippen LogP contribution >= 0.6 is 11.6 Å². The van der Waals surface area contributed by atoms with Crippen LogP contribution in [0.25, 0.3) is 0 Å². The number of benzene rings is 1. The first-order chi connectivity index (χ1) is 9.47. The van der Waals surface area contributed by atoms with E-state index in [1.807, 2.05) is 4.90 Å². The minimum Gasteiger partial charge on any atom is -0.370 e. The van der Waals surface area contributed by atoms with Crippen LogP contribution in [0.15, 0.2) is 18.2 Å². The zero-order valence-corrected chi connectivity index (χ0v) is 11.5. The summed E-state index contributed by atoms with van der Waals surface area (Å²) in [6.45, 7) is 1.43. The number of nitrogens with one attached hydrogen (secondary N) is 1. The molecule has 1 aromatic rings. The third-order valence-corrected chi connectivity index (χ3v) is 3.51. The first-order valence-corrected chi connectivity index (χ1v) is 6.59. The first-order valence-electron chi connectivity index (χ1n) is 6.21. The van der Waals surface area contributed by atoms with E-state index in [0.717, 1.165) is 0 Å². The van der Waals surface area contributed by atoms with Gasteiger partial charge in [0.1, 0.15) is 5.82 Å². The molecule has 0 aliphatic carbocycles. The molecule has 108 valence electrons. The van der Waals surface area contributed by atoms with Crippen LogP contribution in [0.3, 0.4) is 0 Å². The van der Waals surface area contributed by atoms with Gasteiger partial charge in [-0.3, -0.25) is 14.5 Å². The van der Waals surface area contributed by atoms with Crippen molar-refractivity contribution in [2.24, 2.45) is 5.73 Å². The average molecular weight is 300 g/mol. The Labute approximate surface area is 120 Å². The van der Waals surface area contributed by atoms with Gasteiger partial charge in [-0.15, -0.1) is 0 Å². The fourth-order valence-corrected chi connectivity index (χ4v) is 2.35. The fourth-order valence-electron chi connectivity index (χ4n) is 2.24. The van der Waals surface area contributed by atoms with E-state index in [0.29, 0.717) is 25.2 Å². The average Bonchev–Trinajstić information content (AvgIpc) is 2.38. The van der Waals surface area contributed by atoms with Gasteiger partial charge in [0.05, 0.1) is 17.5 Å². The Bertz CT molecular complexity index is 538. The molecule has 0 aromatic heterocycles. The van der Waals surface area contributed by atoms with E-state index in [4.69, 9.17) is 17.3 Å². The van der Waals surface area contributed by atoms with Crippen molar-refractivity contribution >= 4 is 23.4 Å². The lowest BCUT2D eigenvalue weighted by Gasteiger charge is -2.34. The lowest BCUT2D eigenvalue weighted by atomic mass is 10.1. The summed E-state index contributed by atoms with van der Waals surface area (Å²) in [6, 6.07) is 3.88. The summed E-state index contributed by atoms with van der Waals surface area (Å²) < 4.78 is 13.4. The summed E-state index contributed by atoms with van der Waals surface area (Å²) in [7, 11) is 0. The van der Waals surface area contributed by atoms with E-state index in [2.05, 4.69) is 5.32 Å². The maximum absolute atomic E-state index is 13.4. The number of hydrogen-bond donors (Lipinski definition) is 2. The molecule has 0 unspecified atom stereocenters. The van der Waals surface area contributed by atoms with E-state index >= 15 is 0 Å². The molecule has 0 spiro atoms. The zero-order valence-electron chi connectivity index (χ0n) is 10.7. The number of halogens is 2. The highest BCUT2D eigenvalue weighted by molar-refractivity contribution is 6.30. The Morgan fingerprint density at radius 3 is 2.95 bits per heavy atom. The van der Waals surface area contributed by atoms with Crippen LogP contribution in [0.4, 0.5) is 4.39 Å². The number of primary amides is 1. The van der Waals surface area contributed by atoms with Crippen molar-refractivity contribution in [3.63, 3.8) is 0 Å². The van der Waals surface area contributed by atoms with Crippen molar-refractivity contribution in [2.45, 2.75) is 19.0 Å². The number of amides is 2. The minimum absolute atomic E-state index is 0.0537. The van der Waals surface area contributed by atoms with Crippen molar-refractivity contribution < 1.29 is 14.0 Å². The Balaban J connectivity index is 2.13. The number of piperazine rings is 1. The summed E-state index contributed by atoms with van der Waals surface area (Å²) in [4.78, 5) is 24.7. The highest BCUT2D eigenvalue weighted by atomic mass is 35.5. The second kappa shape index (κ2) is 6.19. The molecule has 20 heavy (non-hydrogen) atoms. The molecule has 1 aromatic carbocycles. The molecule has 0 saturated carbocycles. The molecule has 2 amide bonds. The molecule has 0 bridgehead atoms. The highest BCUT2D eigenvalue weighted by Crippen LogP contribution is 2.19. The molecule has 0 radical (unpaired) electrons. The smallest absolute Gasteiger partial charge is 0.237 e. The van der Waals surface area contributed by atoms with Crippen LogP contribution in [0.5, 0.6) is 0 Å². The van der Waals surface area contributed by atoms with Crippen LogP contribution in [0.1, 0.15) is 12.0 Å². The molecule has 5 nitrogen and oxygen atoms in total. The summed E-state index contributed by atoms with van der Waals surface area (Å²) in [5.74, 6) is -1.28. The molecule has 2 rings (SSSR count). The van der Waals surface area contributed by atoms with Crippen LogP contribution in [-0.2, 0) is 16.1 Å². The van der Waals surface area contributed by atoms with Gasteiger partial charge in [0.15, 0.2) is 0 Å². The van der Waals surface area contributed by atoms with Crippen LogP contribution < -0.4 is 11.1 Å². The van der Waals surface area contributed by atoms with Gasteiger partial charge in [0.25, 0.3) is 0 Å². The lowest BCUT2D eigenvalue weighted by Crippen LogP contribution is -2.55. The molecule has 3 N–H and O–H groups in total. The monoisotopic (exact) mass is 299 g/mol. The fraction of sp³-hybridized carbons (Fsp3) is 0.385. The van der Waals surface area contributed by atoms with E-state index in [-0.39, 0.29) is 17.4 Å². The van der Waals surface area contributed by atoms with Gasteiger partial charge in [-0.05, 0) is 17.7 Å². The van der Waals surface area contributed by atoms with Gasteiger partial charge in [0.2, 0.25) is 11.8 Å². The summed E-state index contributed by atoms with van der Waals surface area (Å²) >= 11 is 5.63. The summed E-state index contributed by atoms with van der Waals surface area (Å²) in [5, 5.41) is 2.74. The Kier molecular flexibility index (Phi) is 4.57. The maximum atomic E-state index is 13.4. The van der Waals surface area contributed by atoms with Gasteiger partial charge < -0.3 is 11.1 Å². The third-order valence-electron chi connectivity index (χ3n) is 3.21. The summed E-state index contributed by atoms with van der Waals surface area (Å²) in [5.41, 5.74) is 5.85.